The molecule has 6 nitrogen and oxygen atoms in total. The first kappa shape index (κ1) is 11.8. The Bertz CT molecular complexity index is 416. The van der Waals surface area contributed by atoms with Crippen molar-refractivity contribution in [1.29, 1.82) is 0 Å². The van der Waals surface area contributed by atoms with Crippen molar-refractivity contribution in [3.8, 4) is 0 Å². The number of furan rings is 1. The number of imide groups is 1. The SMILES string of the molecule is CC1C(=O)NC(=O)CN1C(CN)c1ccco1. The summed E-state index contributed by atoms with van der Waals surface area (Å²) < 4.78 is 5.29. The van der Waals surface area contributed by atoms with E-state index in [9.17, 15) is 9.59 Å². The Morgan fingerprint density at radius 2 is 2.41 bits per heavy atom. The second-order valence-corrected chi connectivity index (χ2v) is 4.03. The molecule has 3 N–H and O–H groups in total. The van der Waals surface area contributed by atoms with Gasteiger partial charge in [-0.2, -0.15) is 0 Å². The van der Waals surface area contributed by atoms with Crippen LogP contribution in [0.5, 0.6) is 0 Å². The van der Waals surface area contributed by atoms with E-state index < -0.39 is 6.04 Å². The van der Waals surface area contributed by atoms with Crippen molar-refractivity contribution in [3.05, 3.63) is 24.2 Å². The van der Waals surface area contributed by atoms with Gasteiger partial charge in [-0.15, -0.1) is 0 Å². The van der Waals surface area contributed by atoms with Crippen LogP contribution in [-0.2, 0) is 9.59 Å². The molecule has 1 aliphatic heterocycles. The molecular formula is C11H15N3O3. The maximum atomic E-state index is 11.6. The van der Waals surface area contributed by atoms with Crippen LogP contribution in [0.2, 0.25) is 0 Å². The zero-order valence-corrected chi connectivity index (χ0v) is 9.55. The topological polar surface area (TPSA) is 88.6 Å². The lowest BCUT2D eigenvalue weighted by atomic mass is 10.1. The fraction of sp³-hybridized carbons (Fsp3) is 0.455. The highest BCUT2D eigenvalue weighted by atomic mass is 16.3. The number of piperazine rings is 1. The van der Waals surface area contributed by atoms with Gasteiger partial charge in [-0.25, -0.2) is 0 Å². The highest BCUT2D eigenvalue weighted by Crippen LogP contribution is 2.23. The normalized spacial score (nSPS) is 23.5. The monoisotopic (exact) mass is 237 g/mol. The van der Waals surface area contributed by atoms with Gasteiger partial charge >= 0.3 is 0 Å². The molecule has 17 heavy (non-hydrogen) atoms. The summed E-state index contributed by atoms with van der Waals surface area (Å²) in [6.07, 6.45) is 1.55. The van der Waals surface area contributed by atoms with Crippen molar-refractivity contribution in [3.63, 3.8) is 0 Å². The molecule has 0 aromatic carbocycles. The molecule has 1 fully saturated rings. The minimum absolute atomic E-state index is 0.148. The van der Waals surface area contributed by atoms with Crippen molar-refractivity contribution >= 4 is 11.8 Å². The number of carbonyl (C=O) groups is 2. The third-order valence-electron chi connectivity index (χ3n) is 2.96. The Labute approximate surface area is 98.7 Å². The van der Waals surface area contributed by atoms with Crippen LogP contribution in [-0.4, -0.2) is 35.8 Å². The van der Waals surface area contributed by atoms with E-state index in [2.05, 4.69) is 5.32 Å². The summed E-state index contributed by atoms with van der Waals surface area (Å²) in [4.78, 5) is 24.7. The number of amides is 2. The zero-order chi connectivity index (χ0) is 12.4. The third-order valence-corrected chi connectivity index (χ3v) is 2.96. The summed E-state index contributed by atoms with van der Waals surface area (Å²) in [6, 6.07) is 2.90. The van der Waals surface area contributed by atoms with Gasteiger partial charge in [0.15, 0.2) is 0 Å². The first-order valence-electron chi connectivity index (χ1n) is 5.46. The summed E-state index contributed by atoms with van der Waals surface area (Å²) >= 11 is 0. The van der Waals surface area contributed by atoms with E-state index in [4.69, 9.17) is 10.2 Å². The molecule has 2 amide bonds. The van der Waals surface area contributed by atoms with E-state index in [1.54, 1.807) is 30.2 Å². The highest BCUT2D eigenvalue weighted by molar-refractivity contribution is 6.00. The zero-order valence-electron chi connectivity index (χ0n) is 9.55. The van der Waals surface area contributed by atoms with Crippen LogP contribution in [0.3, 0.4) is 0 Å². The molecule has 2 heterocycles. The molecule has 2 rings (SSSR count). The van der Waals surface area contributed by atoms with Gasteiger partial charge in [0.25, 0.3) is 0 Å². The van der Waals surface area contributed by atoms with Gasteiger partial charge in [-0.05, 0) is 19.1 Å². The summed E-state index contributed by atoms with van der Waals surface area (Å²) in [5, 5.41) is 2.29. The molecule has 0 aliphatic carbocycles. The molecule has 0 saturated carbocycles. The van der Waals surface area contributed by atoms with E-state index in [1.807, 2.05) is 0 Å². The van der Waals surface area contributed by atoms with Crippen LogP contribution >= 0.6 is 0 Å². The van der Waals surface area contributed by atoms with Crippen molar-refractivity contribution < 1.29 is 14.0 Å². The molecule has 0 radical (unpaired) electrons. The van der Waals surface area contributed by atoms with Gasteiger partial charge < -0.3 is 10.2 Å². The second kappa shape index (κ2) is 4.68. The Hall–Kier alpha value is -1.66. The maximum absolute atomic E-state index is 11.6. The number of nitrogens with two attached hydrogens (primary N) is 1. The van der Waals surface area contributed by atoms with Gasteiger partial charge in [-0.1, -0.05) is 0 Å². The summed E-state index contributed by atoms with van der Waals surface area (Å²) in [6.45, 7) is 2.18. The Morgan fingerprint density at radius 3 is 3.00 bits per heavy atom. The lowest BCUT2D eigenvalue weighted by Crippen LogP contribution is -2.58. The minimum Gasteiger partial charge on any atom is -0.468 e. The van der Waals surface area contributed by atoms with E-state index >= 15 is 0 Å². The minimum atomic E-state index is -0.397. The smallest absolute Gasteiger partial charge is 0.243 e. The lowest BCUT2D eigenvalue weighted by molar-refractivity contribution is -0.141. The predicted octanol–water partition coefficient (Wildman–Crippen LogP) is -0.374. The quantitative estimate of drug-likeness (QED) is 0.700. The maximum Gasteiger partial charge on any atom is 0.243 e. The average molecular weight is 237 g/mol. The van der Waals surface area contributed by atoms with E-state index in [1.165, 1.54) is 0 Å². The van der Waals surface area contributed by atoms with Gasteiger partial charge in [0, 0.05) is 6.54 Å². The van der Waals surface area contributed by atoms with Crippen LogP contribution < -0.4 is 11.1 Å². The summed E-state index contributed by atoms with van der Waals surface area (Å²) in [7, 11) is 0. The highest BCUT2D eigenvalue weighted by Gasteiger charge is 2.35. The van der Waals surface area contributed by atoms with Crippen LogP contribution in [0.4, 0.5) is 0 Å². The van der Waals surface area contributed by atoms with E-state index in [-0.39, 0.29) is 24.4 Å². The molecule has 6 heteroatoms. The van der Waals surface area contributed by atoms with Gasteiger partial charge in [0.1, 0.15) is 5.76 Å². The molecule has 1 saturated heterocycles. The van der Waals surface area contributed by atoms with Crippen LogP contribution in [0.1, 0.15) is 18.7 Å². The summed E-state index contributed by atoms with van der Waals surface area (Å²) in [5.74, 6) is 0.0613. The molecule has 2 atom stereocenters. The molecule has 2 unspecified atom stereocenters. The third kappa shape index (κ3) is 2.22. The van der Waals surface area contributed by atoms with Crippen LogP contribution in [0.15, 0.2) is 22.8 Å². The van der Waals surface area contributed by atoms with Crippen LogP contribution in [0, 0.1) is 0 Å². The Kier molecular flexibility index (Phi) is 3.26. The molecule has 0 spiro atoms. The van der Waals surface area contributed by atoms with Gasteiger partial charge in [-0.3, -0.25) is 19.8 Å². The van der Waals surface area contributed by atoms with E-state index in [0.717, 1.165) is 0 Å². The first-order valence-corrected chi connectivity index (χ1v) is 5.46. The van der Waals surface area contributed by atoms with E-state index in [0.29, 0.717) is 12.3 Å². The summed E-state index contributed by atoms with van der Waals surface area (Å²) in [5.41, 5.74) is 5.70. The first-order chi connectivity index (χ1) is 8.13. The fourth-order valence-electron chi connectivity index (χ4n) is 2.01. The number of nitrogens with zero attached hydrogens (tertiary/aromatic N) is 1. The number of carbonyl (C=O) groups excluding carboxylic acids is 2. The van der Waals surface area contributed by atoms with Gasteiger partial charge in [0.05, 0.1) is 24.9 Å². The number of hydrogen-bond acceptors (Lipinski definition) is 5. The number of nitrogens with one attached hydrogen (secondary N) is 1. The second-order valence-electron chi connectivity index (χ2n) is 4.03. The Morgan fingerprint density at radius 1 is 1.65 bits per heavy atom. The standard InChI is InChI=1S/C11H15N3O3/c1-7-11(16)13-10(15)6-14(7)8(5-12)9-3-2-4-17-9/h2-4,7-8H,5-6,12H2,1H3,(H,13,15,16). The molecule has 92 valence electrons. The molecular weight excluding hydrogens is 222 g/mol. The Balaban J connectivity index is 2.24. The fourth-order valence-corrected chi connectivity index (χ4v) is 2.01. The molecule has 1 aromatic rings. The van der Waals surface area contributed by atoms with Crippen molar-refractivity contribution in [2.24, 2.45) is 5.73 Å². The van der Waals surface area contributed by atoms with Crippen LogP contribution in [0.25, 0.3) is 0 Å². The largest absolute Gasteiger partial charge is 0.468 e. The number of rotatable bonds is 3. The van der Waals surface area contributed by atoms with Crippen molar-refractivity contribution in [2.75, 3.05) is 13.1 Å². The van der Waals surface area contributed by atoms with Gasteiger partial charge in [0.2, 0.25) is 11.8 Å². The lowest BCUT2D eigenvalue weighted by Gasteiger charge is -2.36. The molecule has 1 aliphatic rings. The molecule has 0 bridgehead atoms. The number of hydrogen-bond donors (Lipinski definition) is 2. The average Bonchev–Trinajstić information content (AvgIpc) is 2.79. The van der Waals surface area contributed by atoms with Crippen molar-refractivity contribution in [1.82, 2.24) is 10.2 Å². The van der Waals surface area contributed by atoms with Crippen molar-refractivity contribution in [2.45, 2.75) is 19.0 Å². The molecule has 1 aromatic heterocycles. The predicted molar refractivity (Wildman–Crippen MR) is 59.8 cm³/mol.